The summed E-state index contributed by atoms with van der Waals surface area (Å²) in [5.41, 5.74) is 1.25. The molecule has 150 valence electrons. The van der Waals surface area contributed by atoms with Gasteiger partial charge in [0, 0.05) is 59.7 Å². The second kappa shape index (κ2) is 10.5. The molecule has 1 N–H and O–H groups in total. The molecule has 0 aliphatic carbocycles. The van der Waals surface area contributed by atoms with Gasteiger partial charge in [0.1, 0.15) is 5.82 Å². The maximum atomic E-state index is 5.46. The first-order valence-corrected chi connectivity index (χ1v) is 10.5. The Bertz CT molecular complexity index is 594. The first-order chi connectivity index (χ1) is 13.3. The van der Waals surface area contributed by atoms with Crippen molar-refractivity contribution in [3.63, 3.8) is 0 Å². The molecule has 1 aromatic rings. The summed E-state index contributed by atoms with van der Waals surface area (Å²) in [5, 5.41) is 3.51. The lowest BCUT2D eigenvalue weighted by molar-refractivity contribution is 0.0625. The topological polar surface area (TPSA) is 53.0 Å². The molecule has 2 aliphatic rings. The van der Waals surface area contributed by atoms with Crippen LogP contribution in [-0.4, -0.2) is 62.8 Å². The van der Waals surface area contributed by atoms with Crippen LogP contribution >= 0.6 is 0 Å². The van der Waals surface area contributed by atoms with Crippen LogP contribution in [0, 0.1) is 5.92 Å². The molecule has 0 saturated carbocycles. The fourth-order valence-corrected chi connectivity index (χ4v) is 3.95. The van der Waals surface area contributed by atoms with E-state index in [9.17, 15) is 0 Å². The van der Waals surface area contributed by atoms with Gasteiger partial charge in [0.05, 0.1) is 0 Å². The number of guanidine groups is 1. The Balaban J connectivity index is 1.48. The summed E-state index contributed by atoms with van der Waals surface area (Å²) in [5.74, 6) is 2.85. The summed E-state index contributed by atoms with van der Waals surface area (Å²) in [4.78, 5) is 13.7. The van der Waals surface area contributed by atoms with Gasteiger partial charge in [0.15, 0.2) is 5.96 Å². The summed E-state index contributed by atoms with van der Waals surface area (Å²) >= 11 is 0. The van der Waals surface area contributed by atoms with E-state index in [1.54, 1.807) is 0 Å². The highest BCUT2D eigenvalue weighted by molar-refractivity contribution is 5.79. The van der Waals surface area contributed by atoms with Crippen molar-refractivity contribution in [2.45, 2.75) is 45.1 Å². The van der Waals surface area contributed by atoms with Crippen molar-refractivity contribution in [1.82, 2.24) is 15.2 Å². The van der Waals surface area contributed by atoms with Crippen LogP contribution in [0.4, 0.5) is 5.82 Å². The number of nitrogens with zero attached hydrogens (tertiary/aromatic N) is 4. The third-order valence-electron chi connectivity index (χ3n) is 5.73. The van der Waals surface area contributed by atoms with E-state index < -0.39 is 0 Å². The molecule has 1 aromatic heterocycles. The molecule has 2 aliphatic heterocycles. The summed E-state index contributed by atoms with van der Waals surface area (Å²) in [7, 11) is 3.99. The maximum absolute atomic E-state index is 5.46. The molecule has 3 rings (SSSR count). The Hall–Kier alpha value is -1.82. The molecule has 2 saturated heterocycles. The van der Waals surface area contributed by atoms with Crippen molar-refractivity contribution in [2.75, 3.05) is 51.8 Å². The van der Waals surface area contributed by atoms with Gasteiger partial charge in [-0.05, 0) is 62.1 Å². The van der Waals surface area contributed by atoms with Crippen molar-refractivity contribution in [1.29, 1.82) is 0 Å². The fourth-order valence-electron chi connectivity index (χ4n) is 3.95. The van der Waals surface area contributed by atoms with Gasteiger partial charge < -0.3 is 19.9 Å². The van der Waals surface area contributed by atoms with Crippen LogP contribution < -0.4 is 10.2 Å². The Kier molecular flexibility index (Phi) is 7.75. The van der Waals surface area contributed by atoms with Crippen molar-refractivity contribution >= 4 is 11.8 Å². The molecule has 0 unspecified atom stereocenters. The Morgan fingerprint density at radius 3 is 2.81 bits per heavy atom. The highest BCUT2D eigenvalue weighted by atomic mass is 16.5. The molecule has 0 bridgehead atoms. The molecule has 27 heavy (non-hydrogen) atoms. The molecule has 0 amide bonds. The summed E-state index contributed by atoms with van der Waals surface area (Å²) in [6.07, 6.45) is 9.40. The second-order valence-electron chi connectivity index (χ2n) is 7.74. The Morgan fingerprint density at radius 1 is 1.30 bits per heavy atom. The fraction of sp³-hybridized carbons (Fsp3) is 0.714. The monoisotopic (exact) mass is 373 g/mol. The quantitative estimate of drug-likeness (QED) is 0.614. The number of aliphatic imine (C=N–C) groups is 1. The number of nitrogens with one attached hydrogen (secondary N) is 1. The van der Waals surface area contributed by atoms with E-state index in [1.165, 1.54) is 44.1 Å². The van der Waals surface area contributed by atoms with Gasteiger partial charge in [-0.3, -0.25) is 4.99 Å². The second-order valence-corrected chi connectivity index (χ2v) is 7.74. The summed E-state index contributed by atoms with van der Waals surface area (Å²) in [6.45, 7) is 5.89. The summed E-state index contributed by atoms with van der Waals surface area (Å²) in [6, 6.07) is 4.31. The highest BCUT2D eigenvalue weighted by Gasteiger charge is 2.16. The van der Waals surface area contributed by atoms with Crippen LogP contribution in [0.25, 0.3) is 0 Å². The zero-order valence-electron chi connectivity index (χ0n) is 17.0. The van der Waals surface area contributed by atoms with Gasteiger partial charge in [-0.15, -0.1) is 0 Å². The van der Waals surface area contributed by atoms with E-state index in [0.717, 1.165) is 57.1 Å². The SMILES string of the molecule is CN=C(NCc1ccnc(N2CCCCC2)c1)N(C)CCC1CCOCC1. The smallest absolute Gasteiger partial charge is 0.193 e. The minimum atomic E-state index is 0.775. The standard InChI is InChI=1S/C21H35N5O/c1-22-21(25(2)13-7-18-8-14-27-15-9-18)24-17-19-6-10-23-20(16-19)26-11-4-3-5-12-26/h6,10,16,18H,3-5,7-9,11-15,17H2,1-2H3,(H,22,24). The van der Waals surface area contributed by atoms with Gasteiger partial charge in [0.25, 0.3) is 0 Å². The van der Waals surface area contributed by atoms with Crippen LogP contribution in [0.3, 0.4) is 0 Å². The maximum Gasteiger partial charge on any atom is 0.193 e. The van der Waals surface area contributed by atoms with Crippen molar-refractivity contribution < 1.29 is 4.74 Å². The van der Waals surface area contributed by atoms with E-state index in [2.05, 4.69) is 44.3 Å². The van der Waals surface area contributed by atoms with E-state index in [0.29, 0.717) is 0 Å². The molecule has 2 fully saturated rings. The third kappa shape index (κ3) is 6.09. The lowest BCUT2D eigenvalue weighted by Gasteiger charge is -2.28. The lowest BCUT2D eigenvalue weighted by atomic mass is 9.96. The van der Waals surface area contributed by atoms with Gasteiger partial charge in [-0.25, -0.2) is 4.98 Å². The van der Waals surface area contributed by atoms with Crippen LogP contribution in [0.15, 0.2) is 23.3 Å². The summed E-state index contributed by atoms with van der Waals surface area (Å²) < 4.78 is 5.46. The van der Waals surface area contributed by atoms with Crippen molar-refractivity contribution in [3.8, 4) is 0 Å². The van der Waals surface area contributed by atoms with E-state index in [1.807, 2.05) is 13.2 Å². The van der Waals surface area contributed by atoms with Crippen LogP contribution in [0.1, 0.15) is 44.1 Å². The number of rotatable bonds is 6. The zero-order valence-corrected chi connectivity index (χ0v) is 17.0. The van der Waals surface area contributed by atoms with Gasteiger partial charge in [-0.1, -0.05) is 0 Å². The number of hydrogen-bond acceptors (Lipinski definition) is 4. The average molecular weight is 374 g/mol. The van der Waals surface area contributed by atoms with Crippen LogP contribution in [0.2, 0.25) is 0 Å². The van der Waals surface area contributed by atoms with E-state index in [4.69, 9.17) is 4.74 Å². The number of hydrogen-bond donors (Lipinski definition) is 1. The van der Waals surface area contributed by atoms with Crippen LogP contribution in [-0.2, 0) is 11.3 Å². The predicted molar refractivity (Wildman–Crippen MR) is 111 cm³/mol. The van der Waals surface area contributed by atoms with Crippen molar-refractivity contribution in [3.05, 3.63) is 23.9 Å². The third-order valence-corrected chi connectivity index (χ3v) is 5.73. The average Bonchev–Trinajstić information content (AvgIpc) is 2.74. The Labute approximate surface area is 164 Å². The molecule has 0 atom stereocenters. The number of anilines is 1. The van der Waals surface area contributed by atoms with Crippen LogP contribution in [0.5, 0.6) is 0 Å². The van der Waals surface area contributed by atoms with E-state index >= 15 is 0 Å². The number of aromatic nitrogens is 1. The molecule has 6 heteroatoms. The lowest BCUT2D eigenvalue weighted by Crippen LogP contribution is -2.39. The largest absolute Gasteiger partial charge is 0.381 e. The highest BCUT2D eigenvalue weighted by Crippen LogP contribution is 2.19. The van der Waals surface area contributed by atoms with Gasteiger partial charge in [0.2, 0.25) is 0 Å². The minimum Gasteiger partial charge on any atom is -0.381 e. The molecule has 0 radical (unpaired) electrons. The number of piperidine rings is 1. The van der Waals surface area contributed by atoms with Crippen molar-refractivity contribution in [2.24, 2.45) is 10.9 Å². The first kappa shape index (κ1) is 19.9. The molecule has 3 heterocycles. The first-order valence-electron chi connectivity index (χ1n) is 10.5. The number of pyridine rings is 1. The molecular weight excluding hydrogens is 338 g/mol. The van der Waals surface area contributed by atoms with E-state index in [-0.39, 0.29) is 0 Å². The zero-order chi connectivity index (χ0) is 18.9. The Morgan fingerprint density at radius 2 is 2.07 bits per heavy atom. The molecule has 0 spiro atoms. The number of ether oxygens (including phenoxy) is 1. The molecule has 6 nitrogen and oxygen atoms in total. The normalized spacial score (nSPS) is 19.2. The van der Waals surface area contributed by atoms with Gasteiger partial charge in [-0.2, -0.15) is 0 Å². The van der Waals surface area contributed by atoms with Gasteiger partial charge >= 0.3 is 0 Å². The molecular formula is C21H35N5O. The minimum absolute atomic E-state index is 0.775. The molecule has 0 aromatic carbocycles. The predicted octanol–water partition coefficient (Wildman–Crippen LogP) is 2.90.